The van der Waals surface area contributed by atoms with Gasteiger partial charge in [0, 0.05) is 5.56 Å². The van der Waals surface area contributed by atoms with Crippen LogP contribution in [-0.4, -0.2) is 14.8 Å². The first-order chi connectivity index (χ1) is 9.27. The van der Waals surface area contributed by atoms with E-state index >= 15 is 0 Å². The maximum Gasteiger partial charge on any atom is 0.138 e. The molecule has 0 fully saturated rings. The van der Waals surface area contributed by atoms with E-state index in [4.69, 9.17) is 11.6 Å². The van der Waals surface area contributed by atoms with Crippen LogP contribution in [0.1, 0.15) is 5.82 Å². The number of nitrogens with zero attached hydrogens (tertiary/aromatic N) is 3. The molecule has 0 unspecified atom stereocenters. The molecule has 19 heavy (non-hydrogen) atoms. The van der Waals surface area contributed by atoms with E-state index < -0.39 is 0 Å². The molecule has 0 N–H and O–H groups in total. The minimum absolute atomic E-state index is 0.662. The van der Waals surface area contributed by atoms with Crippen LogP contribution < -0.4 is 0 Å². The summed E-state index contributed by atoms with van der Waals surface area (Å²) in [7, 11) is 0. The Bertz CT molecular complexity index is 704. The smallest absolute Gasteiger partial charge is 0.138 e. The minimum atomic E-state index is 0.662. The van der Waals surface area contributed by atoms with Crippen LogP contribution in [-0.2, 0) is 0 Å². The quantitative estimate of drug-likeness (QED) is 0.706. The van der Waals surface area contributed by atoms with Gasteiger partial charge < -0.3 is 0 Å². The first kappa shape index (κ1) is 11.9. The molecule has 2 aromatic carbocycles. The average molecular weight is 270 g/mol. The highest BCUT2D eigenvalue weighted by Gasteiger charge is 2.13. The molecular weight excluding hydrogens is 258 g/mol. The number of aryl methyl sites for hydroxylation is 1. The first-order valence-corrected chi connectivity index (χ1v) is 6.36. The van der Waals surface area contributed by atoms with Crippen LogP contribution in [0, 0.1) is 6.92 Å². The van der Waals surface area contributed by atoms with E-state index in [1.807, 2.05) is 43.3 Å². The van der Waals surface area contributed by atoms with Crippen molar-refractivity contribution in [2.45, 2.75) is 6.92 Å². The summed E-state index contributed by atoms with van der Waals surface area (Å²) in [5, 5.41) is 4.92. The molecule has 1 heterocycles. The molecule has 0 atom stereocenters. The molecule has 0 saturated heterocycles. The van der Waals surface area contributed by atoms with Crippen molar-refractivity contribution in [1.82, 2.24) is 14.8 Å². The Morgan fingerprint density at radius 2 is 1.79 bits per heavy atom. The molecule has 1 aromatic heterocycles. The molecule has 0 aliphatic rings. The van der Waals surface area contributed by atoms with E-state index in [1.54, 1.807) is 4.68 Å². The van der Waals surface area contributed by atoms with Gasteiger partial charge in [-0.2, -0.15) is 5.10 Å². The van der Waals surface area contributed by atoms with Gasteiger partial charge in [0.1, 0.15) is 12.2 Å². The second-order valence-electron chi connectivity index (χ2n) is 4.22. The predicted molar refractivity (Wildman–Crippen MR) is 76.5 cm³/mol. The summed E-state index contributed by atoms with van der Waals surface area (Å²) in [5.41, 5.74) is 3.02. The largest absolute Gasteiger partial charge is 0.220 e. The van der Waals surface area contributed by atoms with Gasteiger partial charge >= 0.3 is 0 Å². The number of benzene rings is 2. The number of para-hydroxylation sites is 1. The van der Waals surface area contributed by atoms with Crippen LogP contribution in [0.2, 0.25) is 5.02 Å². The van der Waals surface area contributed by atoms with Gasteiger partial charge in [-0.15, -0.1) is 0 Å². The summed E-state index contributed by atoms with van der Waals surface area (Å²) in [6.07, 6.45) is 1.54. The van der Waals surface area contributed by atoms with Crippen LogP contribution in [0.15, 0.2) is 54.9 Å². The topological polar surface area (TPSA) is 30.7 Å². The van der Waals surface area contributed by atoms with E-state index in [0.717, 1.165) is 22.6 Å². The van der Waals surface area contributed by atoms with Crippen LogP contribution in [0.3, 0.4) is 0 Å². The number of rotatable bonds is 2. The maximum absolute atomic E-state index is 6.35. The molecule has 0 bridgehead atoms. The average Bonchev–Trinajstić information content (AvgIpc) is 2.85. The SMILES string of the molecule is Cc1ncnn1-c1c(Cl)cccc1-c1ccccc1. The lowest BCUT2D eigenvalue weighted by atomic mass is 10.0. The van der Waals surface area contributed by atoms with E-state index in [-0.39, 0.29) is 0 Å². The third kappa shape index (κ3) is 2.13. The molecule has 0 aliphatic carbocycles. The van der Waals surface area contributed by atoms with Crippen molar-refractivity contribution in [2.24, 2.45) is 0 Å². The highest BCUT2D eigenvalue weighted by Crippen LogP contribution is 2.32. The van der Waals surface area contributed by atoms with Crippen molar-refractivity contribution >= 4 is 11.6 Å². The van der Waals surface area contributed by atoms with Crippen molar-refractivity contribution in [2.75, 3.05) is 0 Å². The molecule has 94 valence electrons. The Morgan fingerprint density at radius 1 is 1.00 bits per heavy atom. The molecule has 3 aromatic rings. The zero-order valence-electron chi connectivity index (χ0n) is 10.4. The summed E-state index contributed by atoms with van der Waals surface area (Å²) in [4.78, 5) is 4.16. The highest BCUT2D eigenvalue weighted by atomic mass is 35.5. The Balaban J connectivity index is 2.28. The zero-order chi connectivity index (χ0) is 13.2. The highest BCUT2D eigenvalue weighted by molar-refractivity contribution is 6.33. The molecule has 0 aliphatic heterocycles. The monoisotopic (exact) mass is 269 g/mol. The predicted octanol–water partition coefficient (Wildman–Crippen LogP) is 3.90. The van der Waals surface area contributed by atoms with Crippen LogP contribution in [0.25, 0.3) is 16.8 Å². The van der Waals surface area contributed by atoms with Gasteiger partial charge in [-0.1, -0.05) is 54.1 Å². The second kappa shape index (κ2) is 4.86. The standard InChI is InChI=1S/C15H12ClN3/c1-11-17-10-18-19(11)15-13(8-5-9-14(15)16)12-6-3-2-4-7-12/h2-10H,1H3. The fourth-order valence-corrected chi connectivity index (χ4v) is 2.35. The molecule has 0 saturated carbocycles. The lowest BCUT2D eigenvalue weighted by Crippen LogP contribution is -2.02. The van der Waals surface area contributed by atoms with E-state index in [0.29, 0.717) is 5.02 Å². The third-order valence-corrected chi connectivity index (χ3v) is 3.31. The lowest BCUT2D eigenvalue weighted by molar-refractivity contribution is 0.842. The Kier molecular flexibility index (Phi) is 3.05. The number of hydrogen-bond acceptors (Lipinski definition) is 2. The lowest BCUT2D eigenvalue weighted by Gasteiger charge is -2.12. The van der Waals surface area contributed by atoms with E-state index in [2.05, 4.69) is 22.2 Å². The van der Waals surface area contributed by atoms with Crippen LogP contribution >= 0.6 is 11.6 Å². The second-order valence-corrected chi connectivity index (χ2v) is 4.63. The van der Waals surface area contributed by atoms with Crippen molar-refractivity contribution in [1.29, 1.82) is 0 Å². The van der Waals surface area contributed by atoms with Crippen molar-refractivity contribution in [3.63, 3.8) is 0 Å². The molecule has 0 spiro atoms. The van der Waals surface area contributed by atoms with Crippen molar-refractivity contribution in [3.8, 4) is 16.8 Å². The Morgan fingerprint density at radius 3 is 2.47 bits per heavy atom. The van der Waals surface area contributed by atoms with Gasteiger partial charge in [-0.05, 0) is 18.6 Å². The summed E-state index contributed by atoms with van der Waals surface area (Å²) < 4.78 is 1.77. The van der Waals surface area contributed by atoms with Crippen LogP contribution in [0.4, 0.5) is 0 Å². The van der Waals surface area contributed by atoms with Gasteiger partial charge in [0.15, 0.2) is 0 Å². The molecule has 4 heteroatoms. The van der Waals surface area contributed by atoms with Crippen molar-refractivity contribution < 1.29 is 0 Å². The maximum atomic E-state index is 6.35. The number of hydrogen-bond donors (Lipinski definition) is 0. The minimum Gasteiger partial charge on any atom is -0.220 e. The Hall–Kier alpha value is -2.13. The van der Waals surface area contributed by atoms with Crippen LogP contribution in [0.5, 0.6) is 0 Å². The molecule has 3 nitrogen and oxygen atoms in total. The van der Waals surface area contributed by atoms with Gasteiger partial charge in [0.25, 0.3) is 0 Å². The van der Waals surface area contributed by atoms with Gasteiger partial charge in [0.05, 0.1) is 10.7 Å². The normalized spacial score (nSPS) is 10.6. The van der Waals surface area contributed by atoms with E-state index in [1.165, 1.54) is 6.33 Å². The fraction of sp³-hybridized carbons (Fsp3) is 0.0667. The van der Waals surface area contributed by atoms with E-state index in [9.17, 15) is 0 Å². The summed E-state index contributed by atoms with van der Waals surface area (Å²) in [6, 6.07) is 16.0. The van der Waals surface area contributed by atoms with Gasteiger partial charge in [0.2, 0.25) is 0 Å². The van der Waals surface area contributed by atoms with Gasteiger partial charge in [-0.25, -0.2) is 9.67 Å². The third-order valence-electron chi connectivity index (χ3n) is 3.00. The number of aromatic nitrogens is 3. The zero-order valence-corrected chi connectivity index (χ0v) is 11.2. The first-order valence-electron chi connectivity index (χ1n) is 5.98. The summed E-state index contributed by atoms with van der Waals surface area (Å²) in [5.74, 6) is 0.810. The molecule has 3 rings (SSSR count). The van der Waals surface area contributed by atoms with Crippen molar-refractivity contribution in [3.05, 3.63) is 65.7 Å². The number of halogens is 1. The summed E-state index contributed by atoms with van der Waals surface area (Å²) >= 11 is 6.35. The molecule has 0 amide bonds. The Labute approximate surface area is 116 Å². The fourth-order valence-electron chi connectivity index (χ4n) is 2.10. The van der Waals surface area contributed by atoms with Gasteiger partial charge in [-0.3, -0.25) is 0 Å². The summed E-state index contributed by atoms with van der Waals surface area (Å²) in [6.45, 7) is 1.91. The molecular formula is C15H12ClN3. The molecule has 0 radical (unpaired) electrons.